The van der Waals surface area contributed by atoms with Gasteiger partial charge in [0.1, 0.15) is 5.82 Å². The van der Waals surface area contributed by atoms with Crippen LogP contribution in [-0.4, -0.2) is 61.6 Å². The fourth-order valence-electron chi connectivity index (χ4n) is 3.54. The van der Waals surface area contributed by atoms with E-state index in [1.165, 1.54) is 24.1 Å². The smallest absolute Gasteiger partial charge is 0.337 e. The number of ether oxygens (including phenoxy) is 1. The number of carbonyl (C=O) groups is 2. The van der Waals surface area contributed by atoms with Crippen LogP contribution in [0.1, 0.15) is 28.4 Å². The Morgan fingerprint density at radius 3 is 2.42 bits per heavy atom. The Morgan fingerprint density at radius 1 is 1.13 bits per heavy atom. The van der Waals surface area contributed by atoms with Gasteiger partial charge >= 0.3 is 12.0 Å². The topological polar surface area (TPSA) is 53.1 Å². The molecule has 0 aliphatic carbocycles. The van der Waals surface area contributed by atoms with Gasteiger partial charge < -0.3 is 14.5 Å². The molecular weight excluding hydrogens is 421 g/mol. The minimum Gasteiger partial charge on any atom is -0.465 e. The van der Waals surface area contributed by atoms with Gasteiger partial charge in [-0.3, -0.25) is 4.90 Å². The largest absolute Gasteiger partial charge is 0.465 e. The van der Waals surface area contributed by atoms with Crippen molar-refractivity contribution in [3.63, 3.8) is 0 Å². The van der Waals surface area contributed by atoms with E-state index in [1.54, 1.807) is 11.0 Å². The highest BCUT2D eigenvalue weighted by atomic mass is 35.5. The van der Waals surface area contributed by atoms with Crippen molar-refractivity contribution < 1.29 is 18.7 Å². The lowest BCUT2D eigenvalue weighted by molar-refractivity contribution is 0.0600. The van der Waals surface area contributed by atoms with Crippen molar-refractivity contribution in [1.82, 2.24) is 9.80 Å². The predicted molar refractivity (Wildman–Crippen MR) is 119 cm³/mol. The van der Waals surface area contributed by atoms with Crippen LogP contribution in [0, 0.1) is 12.7 Å². The van der Waals surface area contributed by atoms with Gasteiger partial charge in [-0.25, -0.2) is 14.0 Å². The molecule has 0 saturated carbocycles. The molecule has 31 heavy (non-hydrogen) atoms. The van der Waals surface area contributed by atoms with E-state index < -0.39 is 11.8 Å². The van der Waals surface area contributed by atoms with Gasteiger partial charge in [0.2, 0.25) is 0 Å². The molecule has 0 radical (unpaired) electrons. The lowest BCUT2D eigenvalue weighted by atomic mass is 10.1. The van der Waals surface area contributed by atoms with Crippen molar-refractivity contribution in [2.24, 2.45) is 0 Å². The number of aryl methyl sites for hydroxylation is 1. The minimum absolute atomic E-state index is 0.0134. The van der Waals surface area contributed by atoms with Crippen molar-refractivity contribution in [3.8, 4) is 0 Å². The SMILES string of the molecule is CCN1CCN(C(=O)N(Cc2ccc(C(=O)OC)cc2F)c2ccc(C)c(Cl)c2)CC1. The lowest BCUT2D eigenvalue weighted by Crippen LogP contribution is -2.52. The Morgan fingerprint density at radius 2 is 1.84 bits per heavy atom. The first kappa shape index (κ1) is 23.0. The van der Waals surface area contributed by atoms with Crippen LogP contribution in [0.4, 0.5) is 14.9 Å². The Hall–Kier alpha value is -2.64. The molecule has 1 saturated heterocycles. The molecule has 2 aromatic rings. The van der Waals surface area contributed by atoms with E-state index in [9.17, 15) is 14.0 Å². The molecule has 0 bridgehead atoms. The molecule has 6 nitrogen and oxygen atoms in total. The first-order valence-electron chi connectivity index (χ1n) is 10.3. The Kier molecular flexibility index (Phi) is 7.51. The second kappa shape index (κ2) is 10.1. The van der Waals surface area contributed by atoms with Crippen molar-refractivity contribution in [2.75, 3.05) is 44.7 Å². The van der Waals surface area contributed by atoms with Gasteiger partial charge in [-0.05, 0) is 43.3 Å². The molecule has 0 aromatic heterocycles. The third kappa shape index (κ3) is 5.35. The van der Waals surface area contributed by atoms with E-state index in [1.807, 2.05) is 19.1 Å². The molecule has 166 valence electrons. The fraction of sp³-hybridized carbons (Fsp3) is 0.391. The zero-order valence-electron chi connectivity index (χ0n) is 18.0. The average Bonchev–Trinajstić information content (AvgIpc) is 2.79. The first-order chi connectivity index (χ1) is 14.8. The second-order valence-electron chi connectivity index (χ2n) is 7.52. The van der Waals surface area contributed by atoms with Gasteiger partial charge in [-0.1, -0.05) is 30.7 Å². The van der Waals surface area contributed by atoms with Crippen LogP contribution in [-0.2, 0) is 11.3 Å². The van der Waals surface area contributed by atoms with Crippen molar-refractivity contribution in [2.45, 2.75) is 20.4 Å². The molecule has 1 fully saturated rings. The molecular formula is C23H27ClFN3O3. The highest BCUT2D eigenvalue weighted by Gasteiger charge is 2.27. The number of methoxy groups -OCH3 is 1. The van der Waals surface area contributed by atoms with Crippen LogP contribution in [0.3, 0.4) is 0 Å². The molecule has 1 aliphatic rings. The summed E-state index contributed by atoms with van der Waals surface area (Å²) in [6.45, 7) is 7.74. The molecule has 0 atom stereocenters. The number of hydrogen-bond acceptors (Lipinski definition) is 4. The summed E-state index contributed by atoms with van der Waals surface area (Å²) in [6, 6.07) is 9.30. The number of piperazine rings is 1. The van der Waals surface area contributed by atoms with Crippen molar-refractivity contribution in [3.05, 3.63) is 63.9 Å². The molecule has 0 spiro atoms. The highest BCUT2D eigenvalue weighted by Crippen LogP contribution is 2.27. The molecule has 0 N–H and O–H groups in total. The molecule has 1 heterocycles. The molecule has 2 aromatic carbocycles. The van der Waals surface area contributed by atoms with E-state index in [0.29, 0.717) is 29.4 Å². The van der Waals surface area contributed by atoms with Gasteiger partial charge in [0.05, 0.1) is 19.2 Å². The summed E-state index contributed by atoms with van der Waals surface area (Å²) in [5, 5.41) is 0.535. The van der Waals surface area contributed by atoms with Crippen molar-refractivity contribution >= 4 is 29.3 Å². The average molecular weight is 448 g/mol. The van der Waals surface area contributed by atoms with Crippen LogP contribution in [0.2, 0.25) is 5.02 Å². The third-order valence-electron chi connectivity index (χ3n) is 5.59. The monoisotopic (exact) mass is 447 g/mol. The maximum atomic E-state index is 14.8. The number of amides is 2. The number of esters is 1. The van der Waals surface area contributed by atoms with Crippen LogP contribution in [0.5, 0.6) is 0 Å². The molecule has 2 amide bonds. The maximum Gasteiger partial charge on any atom is 0.337 e. The second-order valence-corrected chi connectivity index (χ2v) is 7.93. The van der Waals surface area contributed by atoms with E-state index in [-0.39, 0.29) is 18.1 Å². The number of rotatable bonds is 5. The third-order valence-corrected chi connectivity index (χ3v) is 6.00. The van der Waals surface area contributed by atoms with E-state index >= 15 is 0 Å². The molecule has 8 heteroatoms. The number of nitrogens with zero attached hydrogens (tertiary/aromatic N) is 3. The lowest BCUT2D eigenvalue weighted by Gasteiger charge is -2.37. The van der Waals surface area contributed by atoms with Crippen molar-refractivity contribution in [1.29, 1.82) is 0 Å². The van der Waals surface area contributed by atoms with Crippen LogP contribution < -0.4 is 4.90 Å². The summed E-state index contributed by atoms with van der Waals surface area (Å²) in [6.07, 6.45) is 0. The summed E-state index contributed by atoms with van der Waals surface area (Å²) in [5.74, 6) is -1.19. The van der Waals surface area contributed by atoms with Gasteiger partial charge in [-0.15, -0.1) is 0 Å². The minimum atomic E-state index is -0.613. The van der Waals surface area contributed by atoms with Crippen LogP contribution in [0.15, 0.2) is 36.4 Å². The van der Waals surface area contributed by atoms with E-state index in [0.717, 1.165) is 31.3 Å². The summed E-state index contributed by atoms with van der Waals surface area (Å²) in [4.78, 5) is 30.7. The summed E-state index contributed by atoms with van der Waals surface area (Å²) in [7, 11) is 1.24. The number of anilines is 1. The number of carbonyl (C=O) groups excluding carboxylic acids is 2. The van der Waals surface area contributed by atoms with Gasteiger partial charge in [0.15, 0.2) is 0 Å². The van der Waals surface area contributed by atoms with Gasteiger partial charge in [0, 0.05) is 42.5 Å². The number of urea groups is 1. The number of halogens is 2. The zero-order valence-corrected chi connectivity index (χ0v) is 18.8. The number of hydrogen-bond donors (Lipinski definition) is 0. The molecule has 1 aliphatic heterocycles. The normalized spacial score (nSPS) is 14.4. The highest BCUT2D eigenvalue weighted by molar-refractivity contribution is 6.31. The summed E-state index contributed by atoms with van der Waals surface area (Å²) >= 11 is 6.31. The Labute approximate surface area is 187 Å². The molecule has 0 unspecified atom stereocenters. The van der Waals surface area contributed by atoms with Gasteiger partial charge in [0.25, 0.3) is 0 Å². The Bertz CT molecular complexity index is 961. The maximum absolute atomic E-state index is 14.8. The van der Waals surface area contributed by atoms with E-state index in [4.69, 9.17) is 11.6 Å². The number of likely N-dealkylation sites (N-methyl/N-ethyl adjacent to an activating group) is 1. The van der Waals surface area contributed by atoms with E-state index in [2.05, 4.69) is 16.6 Å². The van der Waals surface area contributed by atoms with Gasteiger partial charge in [-0.2, -0.15) is 0 Å². The first-order valence-corrected chi connectivity index (χ1v) is 10.6. The fourth-order valence-corrected chi connectivity index (χ4v) is 3.71. The van der Waals surface area contributed by atoms with Crippen LogP contribution >= 0.6 is 11.6 Å². The summed E-state index contributed by atoms with van der Waals surface area (Å²) < 4.78 is 19.4. The molecule has 3 rings (SSSR count). The number of benzene rings is 2. The predicted octanol–water partition coefficient (Wildman–Crippen LogP) is 4.34. The quantitative estimate of drug-likeness (QED) is 0.640. The van der Waals surface area contributed by atoms with Crippen LogP contribution in [0.25, 0.3) is 0 Å². The standard InChI is InChI=1S/C23H27ClFN3O3/c1-4-26-9-11-27(12-10-26)23(30)28(19-8-5-16(2)20(24)14-19)15-18-7-6-17(13-21(18)25)22(29)31-3/h5-8,13-14H,4,9-12,15H2,1-3H3. The summed E-state index contributed by atoms with van der Waals surface area (Å²) in [5.41, 5.74) is 1.90. The Balaban J connectivity index is 1.90. The zero-order chi connectivity index (χ0) is 22.5.